The molecule has 1 saturated carbocycles. The summed E-state index contributed by atoms with van der Waals surface area (Å²) in [5.41, 5.74) is 0.357. The van der Waals surface area contributed by atoms with E-state index in [-0.39, 0.29) is 6.10 Å². The van der Waals surface area contributed by atoms with E-state index in [0.29, 0.717) is 5.41 Å². The molecule has 1 aliphatic carbocycles. The van der Waals surface area contributed by atoms with Crippen LogP contribution in [0.2, 0.25) is 0 Å². The summed E-state index contributed by atoms with van der Waals surface area (Å²) in [6, 6.07) is 0. The van der Waals surface area contributed by atoms with E-state index in [9.17, 15) is 4.57 Å². The summed E-state index contributed by atoms with van der Waals surface area (Å²) in [7, 11) is -2.74. The second-order valence-electron chi connectivity index (χ2n) is 5.22. The summed E-state index contributed by atoms with van der Waals surface area (Å²) >= 11 is 0. The van der Waals surface area contributed by atoms with Gasteiger partial charge in [0.15, 0.2) is 0 Å². The highest BCUT2D eigenvalue weighted by molar-refractivity contribution is 7.32. The fraction of sp³-hybridized carbons (Fsp3) is 1.00. The predicted molar refractivity (Wildman–Crippen MR) is 57.5 cm³/mol. The van der Waals surface area contributed by atoms with Crippen molar-refractivity contribution in [1.29, 1.82) is 0 Å². The van der Waals surface area contributed by atoms with E-state index < -0.39 is 8.25 Å². The van der Waals surface area contributed by atoms with Gasteiger partial charge in [-0.15, -0.1) is 0 Å². The molecule has 0 radical (unpaired) electrons. The summed E-state index contributed by atoms with van der Waals surface area (Å²) in [6.45, 7) is 6.77. The molecule has 0 amide bonds. The molecule has 1 unspecified atom stereocenters. The maximum Gasteiger partial charge on any atom is 0.316 e. The number of hydrogen-bond donors (Lipinski definition) is 1. The lowest BCUT2D eigenvalue weighted by atomic mass is 9.72. The van der Waals surface area contributed by atoms with Crippen LogP contribution in [0.1, 0.15) is 46.5 Å². The third-order valence-corrected chi connectivity index (χ3v) is 3.70. The van der Waals surface area contributed by atoms with Gasteiger partial charge in [0.1, 0.15) is 0 Å². The largest absolute Gasteiger partial charge is 0.326 e. The highest BCUT2D eigenvalue weighted by atomic mass is 31.1. The topological polar surface area (TPSA) is 46.5 Å². The molecule has 14 heavy (non-hydrogen) atoms. The van der Waals surface area contributed by atoms with E-state index in [2.05, 4.69) is 20.8 Å². The summed E-state index contributed by atoms with van der Waals surface area (Å²) < 4.78 is 15.5. The Labute approximate surface area is 86.8 Å². The monoisotopic (exact) mass is 220 g/mol. The van der Waals surface area contributed by atoms with Gasteiger partial charge in [-0.25, -0.2) is 0 Å². The van der Waals surface area contributed by atoms with Crippen molar-refractivity contribution < 1.29 is 14.0 Å². The fourth-order valence-electron chi connectivity index (χ4n) is 2.19. The Kier molecular flexibility index (Phi) is 4.17. The van der Waals surface area contributed by atoms with Crippen LogP contribution in [-0.2, 0) is 9.09 Å². The molecule has 0 spiro atoms. The molecular formula is C10H21O3P. The molecule has 0 aromatic carbocycles. The van der Waals surface area contributed by atoms with Crippen LogP contribution in [0.25, 0.3) is 0 Å². The maximum absolute atomic E-state index is 10.5. The van der Waals surface area contributed by atoms with Crippen molar-refractivity contribution in [3.63, 3.8) is 0 Å². The Bertz CT molecular complexity index is 202. The molecule has 1 atom stereocenters. The zero-order chi connectivity index (χ0) is 10.8. The first-order valence-corrected chi connectivity index (χ1v) is 6.55. The van der Waals surface area contributed by atoms with Gasteiger partial charge in [0.05, 0.1) is 6.10 Å². The first-order valence-electron chi connectivity index (χ1n) is 5.29. The van der Waals surface area contributed by atoms with Gasteiger partial charge >= 0.3 is 8.25 Å². The first-order chi connectivity index (χ1) is 6.39. The average Bonchev–Trinajstić information content (AvgIpc) is 2.02. The van der Waals surface area contributed by atoms with E-state index in [1.165, 1.54) is 0 Å². The van der Waals surface area contributed by atoms with E-state index in [4.69, 9.17) is 9.42 Å². The van der Waals surface area contributed by atoms with Gasteiger partial charge in [-0.1, -0.05) is 20.8 Å². The maximum atomic E-state index is 10.5. The quantitative estimate of drug-likeness (QED) is 0.728. The predicted octanol–water partition coefficient (Wildman–Crippen LogP) is 2.99. The highest BCUT2D eigenvalue weighted by Crippen LogP contribution is 2.40. The van der Waals surface area contributed by atoms with Gasteiger partial charge in [0.25, 0.3) is 0 Å². The number of rotatable bonds is 2. The summed E-state index contributed by atoms with van der Waals surface area (Å²) in [5, 5.41) is 0. The molecule has 0 aromatic heterocycles. The van der Waals surface area contributed by atoms with Crippen molar-refractivity contribution in [2.75, 3.05) is 0 Å². The van der Waals surface area contributed by atoms with Gasteiger partial charge < -0.3 is 9.42 Å². The third kappa shape index (κ3) is 3.72. The summed E-state index contributed by atoms with van der Waals surface area (Å²) in [6.07, 6.45) is 4.11. The van der Waals surface area contributed by atoms with Crippen LogP contribution in [0.15, 0.2) is 0 Å². The Morgan fingerprint density at radius 1 is 1.21 bits per heavy atom. The van der Waals surface area contributed by atoms with Gasteiger partial charge in [-0.3, -0.25) is 4.57 Å². The van der Waals surface area contributed by atoms with Gasteiger partial charge in [-0.05, 0) is 37.0 Å². The lowest BCUT2D eigenvalue weighted by molar-refractivity contribution is 0.0856. The number of hydrogen-bond acceptors (Lipinski definition) is 2. The van der Waals surface area contributed by atoms with E-state index >= 15 is 0 Å². The molecule has 1 rings (SSSR count). The van der Waals surface area contributed by atoms with Crippen LogP contribution in [0.3, 0.4) is 0 Å². The van der Waals surface area contributed by atoms with Crippen molar-refractivity contribution in [2.24, 2.45) is 11.3 Å². The Balaban J connectivity index is 2.35. The van der Waals surface area contributed by atoms with Gasteiger partial charge in [0.2, 0.25) is 0 Å². The average molecular weight is 220 g/mol. The van der Waals surface area contributed by atoms with Crippen LogP contribution < -0.4 is 0 Å². The highest BCUT2D eigenvalue weighted by Gasteiger charge is 2.30. The van der Waals surface area contributed by atoms with Crippen molar-refractivity contribution in [3.8, 4) is 0 Å². The normalized spacial score (nSPS) is 31.4. The Hall–Kier alpha value is 0.150. The van der Waals surface area contributed by atoms with Crippen LogP contribution in [-0.4, -0.2) is 11.0 Å². The van der Waals surface area contributed by atoms with Crippen LogP contribution in [0.5, 0.6) is 0 Å². The van der Waals surface area contributed by atoms with Gasteiger partial charge in [-0.2, -0.15) is 0 Å². The minimum absolute atomic E-state index is 0.0185. The van der Waals surface area contributed by atoms with Crippen molar-refractivity contribution >= 4 is 8.25 Å². The molecule has 0 heterocycles. The van der Waals surface area contributed by atoms with Crippen LogP contribution in [0, 0.1) is 11.3 Å². The minimum atomic E-state index is -2.74. The molecule has 84 valence electrons. The molecule has 0 saturated heterocycles. The Morgan fingerprint density at radius 3 is 2.07 bits per heavy atom. The van der Waals surface area contributed by atoms with Crippen LogP contribution >= 0.6 is 8.25 Å². The minimum Gasteiger partial charge on any atom is -0.326 e. The molecular weight excluding hydrogens is 199 g/mol. The standard InChI is InChI=1S/C10H21O3P/c1-10(2,3)8-4-6-9(7-5-8)13-14(11)12/h8-9,14H,4-7H2,1-3H3,(H,11,12). The zero-order valence-corrected chi connectivity index (χ0v) is 10.2. The molecule has 3 nitrogen and oxygen atoms in total. The second-order valence-corrected chi connectivity index (χ2v) is 5.99. The summed E-state index contributed by atoms with van der Waals surface area (Å²) in [4.78, 5) is 8.65. The molecule has 1 aliphatic rings. The van der Waals surface area contributed by atoms with Crippen molar-refractivity contribution in [2.45, 2.75) is 52.6 Å². The SMILES string of the molecule is CC(C)(C)C1CCC(O[PH](=O)O)CC1. The molecule has 0 bridgehead atoms. The smallest absolute Gasteiger partial charge is 0.316 e. The lowest BCUT2D eigenvalue weighted by Crippen LogP contribution is -2.28. The lowest BCUT2D eigenvalue weighted by Gasteiger charge is -2.36. The van der Waals surface area contributed by atoms with Crippen LogP contribution in [0.4, 0.5) is 0 Å². The zero-order valence-electron chi connectivity index (χ0n) is 9.25. The molecule has 0 aromatic rings. The third-order valence-electron chi connectivity index (χ3n) is 3.17. The van der Waals surface area contributed by atoms with E-state index in [1.54, 1.807) is 0 Å². The van der Waals surface area contributed by atoms with Crippen molar-refractivity contribution in [3.05, 3.63) is 0 Å². The second kappa shape index (κ2) is 4.78. The molecule has 0 aliphatic heterocycles. The molecule has 4 heteroatoms. The van der Waals surface area contributed by atoms with Gasteiger partial charge in [0, 0.05) is 0 Å². The fourth-order valence-corrected chi connectivity index (χ4v) is 2.71. The molecule has 1 N–H and O–H groups in total. The summed E-state index contributed by atoms with van der Waals surface area (Å²) in [5.74, 6) is 0.725. The van der Waals surface area contributed by atoms with E-state index in [1.807, 2.05) is 0 Å². The van der Waals surface area contributed by atoms with E-state index in [0.717, 1.165) is 31.6 Å². The Morgan fingerprint density at radius 2 is 1.71 bits per heavy atom. The first kappa shape index (κ1) is 12.2. The molecule has 1 fully saturated rings. The van der Waals surface area contributed by atoms with Crippen molar-refractivity contribution in [1.82, 2.24) is 0 Å².